The lowest BCUT2D eigenvalue weighted by atomic mass is 10.1. The summed E-state index contributed by atoms with van der Waals surface area (Å²) in [5.74, 6) is 0.867. The summed E-state index contributed by atoms with van der Waals surface area (Å²) in [7, 11) is 0. The average molecular weight is 382 g/mol. The molecule has 0 bridgehead atoms. The molecule has 2 amide bonds. The Kier molecular flexibility index (Phi) is 6.24. The topological polar surface area (TPSA) is 57.5 Å². The molecular weight excluding hydrogens is 361 g/mol. The first-order chi connectivity index (χ1) is 12.1. The van der Waals surface area contributed by atoms with Crippen molar-refractivity contribution >= 4 is 34.9 Å². The first kappa shape index (κ1) is 18.1. The van der Waals surface area contributed by atoms with Crippen LogP contribution < -0.4 is 10.6 Å². The highest BCUT2D eigenvalue weighted by Gasteiger charge is 2.24. The number of carbonyl (C=O) groups is 1. The van der Waals surface area contributed by atoms with Gasteiger partial charge in [-0.3, -0.25) is 4.90 Å². The second-order valence-electron chi connectivity index (χ2n) is 6.09. The fourth-order valence-electron chi connectivity index (χ4n) is 3.07. The maximum absolute atomic E-state index is 12.2. The van der Waals surface area contributed by atoms with E-state index in [0.717, 1.165) is 18.8 Å². The third kappa shape index (κ3) is 4.91. The fourth-order valence-corrected chi connectivity index (χ4v) is 3.52. The number of anilines is 1. The molecule has 1 aliphatic heterocycles. The van der Waals surface area contributed by atoms with Gasteiger partial charge in [-0.15, -0.1) is 0 Å². The van der Waals surface area contributed by atoms with Crippen molar-refractivity contribution in [3.8, 4) is 0 Å². The van der Waals surface area contributed by atoms with Gasteiger partial charge in [-0.2, -0.15) is 0 Å². The molecule has 1 fully saturated rings. The molecule has 0 unspecified atom stereocenters. The summed E-state index contributed by atoms with van der Waals surface area (Å²) in [5, 5.41) is 6.60. The normalized spacial score (nSPS) is 16.4. The van der Waals surface area contributed by atoms with Gasteiger partial charge in [0.05, 0.1) is 23.0 Å². The Morgan fingerprint density at radius 1 is 1.20 bits per heavy atom. The van der Waals surface area contributed by atoms with Crippen LogP contribution in [0.4, 0.5) is 10.5 Å². The SMILES string of the molecule is O=C(NC[C@@H](c1ccco1)N1CCCCC1)Nc1ccc(Cl)cc1Cl. The Balaban J connectivity index is 1.61. The van der Waals surface area contributed by atoms with Crippen molar-refractivity contribution in [3.63, 3.8) is 0 Å². The lowest BCUT2D eigenvalue weighted by Gasteiger charge is -2.33. The standard InChI is InChI=1S/C18H21Cl2N3O2/c19-13-6-7-15(14(20)11-13)22-18(24)21-12-16(17-5-4-10-25-17)23-8-2-1-3-9-23/h4-7,10-11,16H,1-3,8-9,12H2,(H2,21,22,24)/t16-/m0/s1. The lowest BCUT2D eigenvalue weighted by molar-refractivity contribution is 0.144. The molecule has 2 heterocycles. The van der Waals surface area contributed by atoms with Crippen LogP contribution in [-0.2, 0) is 0 Å². The number of hydrogen-bond donors (Lipinski definition) is 2. The van der Waals surface area contributed by atoms with Gasteiger partial charge in [0.2, 0.25) is 0 Å². The summed E-state index contributed by atoms with van der Waals surface area (Å²) in [6.07, 6.45) is 5.26. The second kappa shape index (κ2) is 8.61. The summed E-state index contributed by atoms with van der Waals surface area (Å²) in [6, 6.07) is 8.51. The number of benzene rings is 1. The first-order valence-corrected chi connectivity index (χ1v) is 9.16. The minimum absolute atomic E-state index is 0.0294. The van der Waals surface area contributed by atoms with Crippen molar-refractivity contribution in [1.29, 1.82) is 0 Å². The molecule has 3 rings (SSSR count). The minimum atomic E-state index is -0.308. The van der Waals surface area contributed by atoms with Crippen LogP contribution in [0.3, 0.4) is 0 Å². The number of urea groups is 1. The molecule has 0 saturated carbocycles. The van der Waals surface area contributed by atoms with Crippen LogP contribution in [0.15, 0.2) is 41.0 Å². The Morgan fingerprint density at radius 3 is 2.68 bits per heavy atom. The molecule has 0 aliphatic carbocycles. The van der Waals surface area contributed by atoms with E-state index in [1.54, 1.807) is 24.5 Å². The Bertz CT molecular complexity index is 700. The van der Waals surface area contributed by atoms with E-state index in [1.807, 2.05) is 12.1 Å². The Morgan fingerprint density at radius 2 is 2.00 bits per heavy atom. The number of likely N-dealkylation sites (tertiary alicyclic amines) is 1. The molecule has 0 spiro atoms. The quantitative estimate of drug-likeness (QED) is 0.771. The molecule has 1 atom stereocenters. The van der Waals surface area contributed by atoms with Gasteiger partial charge in [0.1, 0.15) is 5.76 Å². The zero-order valence-corrected chi connectivity index (χ0v) is 15.3. The van der Waals surface area contributed by atoms with Gasteiger partial charge in [-0.1, -0.05) is 29.6 Å². The van der Waals surface area contributed by atoms with Gasteiger partial charge in [0.15, 0.2) is 0 Å². The van der Waals surface area contributed by atoms with Gasteiger partial charge < -0.3 is 15.1 Å². The summed E-state index contributed by atoms with van der Waals surface area (Å²) in [4.78, 5) is 14.6. The Hall–Kier alpha value is -1.69. The van der Waals surface area contributed by atoms with Crippen LogP contribution in [-0.4, -0.2) is 30.6 Å². The number of nitrogens with zero attached hydrogens (tertiary/aromatic N) is 1. The Labute approximate surface area is 157 Å². The predicted molar refractivity (Wildman–Crippen MR) is 100 cm³/mol. The average Bonchev–Trinajstić information content (AvgIpc) is 3.13. The maximum Gasteiger partial charge on any atom is 0.319 e. The number of carbonyl (C=O) groups excluding carboxylic acids is 1. The summed E-state index contributed by atoms with van der Waals surface area (Å²) in [5.41, 5.74) is 0.524. The lowest BCUT2D eigenvalue weighted by Crippen LogP contribution is -2.41. The van der Waals surface area contributed by atoms with E-state index >= 15 is 0 Å². The summed E-state index contributed by atoms with van der Waals surface area (Å²) < 4.78 is 5.58. The molecule has 134 valence electrons. The molecule has 0 radical (unpaired) electrons. The molecule has 5 nitrogen and oxygen atoms in total. The van der Waals surface area contributed by atoms with E-state index in [4.69, 9.17) is 27.6 Å². The summed E-state index contributed by atoms with van der Waals surface area (Å²) in [6.45, 7) is 2.49. The van der Waals surface area contributed by atoms with Gasteiger partial charge in [-0.05, 0) is 56.3 Å². The molecule has 1 saturated heterocycles. The van der Waals surface area contributed by atoms with Gasteiger partial charge in [0, 0.05) is 11.6 Å². The second-order valence-corrected chi connectivity index (χ2v) is 6.93. The van der Waals surface area contributed by atoms with Gasteiger partial charge in [-0.25, -0.2) is 4.79 Å². The number of halogens is 2. The number of hydrogen-bond acceptors (Lipinski definition) is 3. The van der Waals surface area contributed by atoms with Crippen LogP contribution in [0.1, 0.15) is 31.1 Å². The van der Waals surface area contributed by atoms with Crippen molar-refractivity contribution in [3.05, 3.63) is 52.4 Å². The van der Waals surface area contributed by atoms with Crippen molar-refractivity contribution in [2.45, 2.75) is 25.3 Å². The predicted octanol–water partition coefficient (Wildman–Crippen LogP) is 4.94. The third-order valence-electron chi connectivity index (χ3n) is 4.34. The summed E-state index contributed by atoms with van der Waals surface area (Å²) >= 11 is 12.0. The minimum Gasteiger partial charge on any atom is -0.468 e. The molecule has 7 heteroatoms. The maximum atomic E-state index is 12.2. The number of piperidine rings is 1. The highest BCUT2D eigenvalue weighted by atomic mass is 35.5. The van der Waals surface area contributed by atoms with Crippen LogP contribution >= 0.6 is 23.2 Å². The number of furan rings is 1. The number of nitrogens with one attached hydrogen (secondary N) is 2. The molecule has 1 aromatic carbocycles. The first-order valence-electron chi connectivity index (χ1n) is 8.41. The van der Waals surface area contributed by atoms with E-state index in [2.05, 4.69) is 15.5 Å². The highest BCUT2D eigenvalue weighted by molar-refractivity contribution is 6.36. The van der Waals surface area contributed by atoms with Crippen LogP contribution in [0.25, 0.3) is 0 Å². The molecule has 2 aromatic rings. The van der Waals surface area contributed by atoms with Crippen LogP contribution in [0.2, 0.25) is 10.0 Å². The molecule has 1 aliphatic rings. The van der Waals surface area contributed by atoms with E-state index < -0.39 is 0 Å². The van der Waals surface area contributed by atoms with E-state index in [-0.39, 0.29) is 12.1 Å². The fraction of sp³-hybridized carbons (Fsp3) is 0.389. The highest BCUT2D eigenvalue weighted by Crippen LogP contribution is 2.26. The number of amides is 2. The zero-order chi connectivity index (χ0) is 17.6. The zero-order valence-electron chi connectivity index (χ0n) is 13.8. The molecular formula is C18H21Cl2N3O2. The van der Waals surface area contributed by atoms with E-state index in [1.165, 1.54) is 19.3 Å². The number of rotatable bonds is 5. The van der Waals surface area contributed by atoms with E-state index in [0.29, 0.717) is 22.3 Å². The largest absolute Gasteiger partial charge is 0.468 e. The van der Waals surface area contributed by atoms with Crippen LogP contribution in [0, 0.1) is 0 Å². The smallest absolute Gasteiger partial charge is 0.319 e. The monoisotopic (exact) mass is 381 g/mol. The van der Waals surface area contributed by atoms with Crippen molar-refractivity contribution in [2.75, 3.05) is 25.0 Å². The van der Waals surface area contributed by atoms with Crippen molar-refractivity contribution in [2.24, 2.45) is 0 Å². The van der Waals surface area contributed by atoms with Crippen molar-refractivity contribution < 1.29 is 9.21 Å². The van der Waals surface area contributed by atoms with Gasteiger partial charge in [0.25, 0.3) is 0 Å². The van der Waals surface area contributed by atoms with Crippen LogP contribution in [0.5, 0.6) is 0 Å². The molecule has 1 aromatic heterocycles. The molecule has 25 heavy (non-hydrogen) atoms. The molecule has 2 N–H and O–H groups in total. The van der Waals surface area contributed by atoms with Gasteiger partial charge >= 0.3 is 6.03 Å². The van der Waals surface area contributed by atoms with E-state index in [9.17, 15) is 4.79 Å². The van der Waals surface area contributed by atoms with Crippen molar-refractivity contribution in [1.82, 2.24) is 10.2 Å². The third-order valence-corrected chi connectivity index (χ3v) is 4.89.